The highest BCUT2D eigenvalue weighted by atomic mass is 15.3. The van der Waals surface area contributed by atoms with Crippen molar-refractivity contribution in [2.24, 2.45) is 0 Å². The summed E-state index contributed by atoms with van der Waals surface area (Å²) >= 11 is 0. The molecular formula is C16H24N6. The summed E-state index contributed by atoms with van der Waals surface area (Å²) in [6.45, 7) is 8.33. The van der Waals surface area contributed by atoms with Gasteiger partial charge >= 0.3 is 0 Å². The molecule has 22 heavy (non-hydrogen) atoms. The van der Waals surface area contributed by atoms with Gasteiger partial charge in [-0.25, -0.2) is 9.97 Å². The first-order valence-electron chi connectivity index (χ1n) is 8.06. The van der Waals surface area contributed by atoms with Crippen LogP contribution in [0.25, 0.3) is 0 Å². The Hall–Kier alpha value is -2.11. The Morgan fingerprint density at radius 2 is 2.09 bits per heavy atom. The van der Waals surface area contributed by atoms with Gasteiger partial charge in [-0.1, -0.05) is 6.92 Å². The molecule has 0 radical (unpaired) electrons. The van der Waals surface area contributed by atoms with Gasteiger partial charge in [0.25, 0.3) is 0 Å². The number of nitrogens with zero attached hydrogens (tertiary/aromatic N) is 4. The Kier molecular flexibility index (Phi) is 4.27. The summed E-state index contributed by atoms with van der Waals surface area (Å²) in [6, 6.07) is 2.12. The number of aromatic nitrogens is 4. The molecule has 1 fully saturated rings. The molecule has 0 aromatic carbocycles. The Balaban J connectivity index is 1.81. The molecule has 6 nitrogen and oxygen atoms in total. The Morgan fingerprint density at radius 3 is 2.73 bits per heavy atom. The zero-order valence-electron chi connectivity index (χ0n) is 13.6. The highest BCUT2D eigenvalue weighted by molar-refractivity contribution is 5.45. The van der Waals surface area contributed by atoms with Gasteiger partial charge in [-0.05, 0) is 33.1 Å². The molecule has 2 aromatic rings. The molecule has 2 aromatic heterocycles. The summed E-state index contributed by atoms with van der Waals surface area (Å²) in [5.41, 5.74) is 2.14. The quantitative estimate of drug-likeness (QED) is 0.888. The molecule has 0 spiro atoms. The van der Waals surface area contributed by atoms with Gasteiger partial charge in [-0.15, -0.1) is 0 Å². The molecule has 2 N–H and O–H groups in total. The lowest BCUT2D eigenvalue weighted by Crippen LogP contribution is -2.22. The van der Waals surface area contributed by atoms with Crippen molar-refractivity contribution < 1.29 is 0 Å². The first-order chi connectivity index (χ1) is 10.7. The van der Waals surface area contributed by atoms with E-state index in [1.807, 2.05) is 19.2 Å². The average molecular weight is 300 g/mol. The molecule has 1 saturated heterocycles. The smallest absolute Gasteiger partial charge is 0.227 e. The molecule has 1 aliphatic heterocycles. The fourth-order valence-corrected chi connectivity index (χ4v) is 2.74. The van der Waals surface area contributed by atoms with Crippen LogP contribution in [-0.4, -0.2) is 33.0 Å². The van der Waals surface area contributed by atoms with Gasteiger partial charge in [0.15, 0.2) is 0 Å². The van der Waals surface area contributed by atoms with Crippen molar-refractivity contribution in [1.29, 1.82) is 0 Å². The second-order valence-electron chi connectivity index (χ2n) is 5.91. The third kappa shape index (κ3) is 3.21. The van der Waals surface area contributed by atoms with Gasteiger partial charge < -0.3 is 15.2 Å². The molecule has 1 atom stereocenters. The number of aryl methyl sites for hydroxylation is 2. The van der Waals surface area contributed by atoms with Crippen molar-refractivity contribution in [3.8, 4) is 0 Å². The number of hydrogen-bond donors (Lipinski definition) is 2. The minimum atomic E-state index is 0.0831. The van der Waals surface area contributed by atoms with Crippen molar-refractivity contribution in [3.63, 3.8) is 0 Å². The number of aromatic amines is 1. The van der Waals surface area contributed by atoms with E-state index in [0.29, 0.717) is 0 Å². The fraction of sp³-hybridized carbons (Fsp3) is 0.562. The monoisotopic (exact) mass is 300 g/mol. The summed E-state index contributed by atoms with van der Waals surface area (Å²) in [6.07, 6.45) is 5.21. The lowest BCUT2D eigenvalue weighted by molar-refractivity contribution is 0.793. The number of nitrogens with one attached hydrogen (secondary N) is 2. The summed E-state index contributed by atoms with van der Waals surface area (Å²) in [4.78, 5) is 19.3. The maximum atomic E-state index is 4.70. The second-order valence-corrected chi connectivity index (χ2v) is 5.91. The summed E-state index contributed by atoms with van der Waals surface area (Å²) in [7, 11) is 0. The molecule has 0 bridgehead atoms. The van der Waals surface area contributed by atoms with E-state index >= 15 is 0 Å². The number of anilines is 2. The minimum Gasteiger partial charge on any atom is -0.360 e. The number of rotatable bonds is 5. The van der Waals surface area contributed by atoms with Crippen molar-refractivity contribution >= 4 is 11.8 Å². The molecule has 3 rings (SSSR count). The van der Waals surface area contributed by atoms with Gasteiger partial charge in [0.2, 0.25) is 5.95 Å². The van der Waals surface area contributed by atoms with Crippen LogP contribution in [-0.2, 0) is 6.42 Å². The standard InChI is InChI=1S/C16H24N6/c1-4-13-9-14(19-12(3)15-17-10-11(2)18-15)21-16(20-13)22-7-5-6-8-22/h9-10,12H,4-8H2,1-3H3,(H,17,18)(H,19,20,21). The van der Waals surface area contributed by atoms with Crippen LogP contribution in [0.5, 0.6) is 0 Å². The predicted octanol–water partition coefficient (Wildman–Crippen LogP) is 2.84. The third-order valence-electron chi connectivity index (χ3n) is 4.02. The highest BCUT2D eigenvalue weighted by Gasteiger charge is 2.17. The Labute approximate surface area is 131 Å². The van der Waals surface area contributed by atoms with Crippen molar-refractivity contribution in [2.75, 3.05) is 23.3 Å². The van der Waals surface area contributed by atoms with Crippen LogP contribution in [0.1, 0.15) is 49.9 Å². The Bertz CT molecular complexity index is 629. The molecule has 0 amide bonds. The van der Waals surface area contributed by atoms with Crippen LogP contribution >= 0.6 is 0 Å². The summed E-state index contributed by atoms with van der Waals surface area (Å²) in [5.74, 6) is 2.65. The zero-order valence-corrected chi connectivity index (χ0v) is 13.6. The number of imidazole rings is 1. The van der Waals surface area contributed by atoms with E-state index in [0.717, 1.165) is 48.5 Å². The van der Waals surface area contributed by atoms with E-state index < -0.39 is 0 Å². The summed E-state index contributed by atoms with van der Waals surface area (Å²) in [5, 5.41) is 3.44. The van der Waals surface area contributed by atoms with Gasteiger partial charge in [0.05, 0.1) is 6.04 Å². The van der Waals surface area contributed by atoms with Gasteiger partial charge in [0, 0.05) is 36.7 Å². The van der Waals surface area contributed by atoms with Crippen LogP contribution in [0.3, 0.4) is 0 Å². The molecule has 1 unspecified atom stereocenters. The molecule has 0 saturated carbocycles. The van der Waals surface area contributed by atoms with Crippen LogP contribution in [0, 0.1) is 6.92 Å². The van der Waals surface area contributed by atoms with Crippen LogP contribution in [0.2, 0.25) is 0 Å². The number of hydrogen-bond acceptors (Lipinski definition) is 5. The lowest BCUT2D eigenvalue weighted by atomic mass is 10.3. The lowest BCUT2D eigenvalue weighted by Gasteiger charge is -2.19. The number of H-pyrrole nitrogens is 1. The molecule has 6 heteroatoms. The van der Waals surface area contributed by atoms with Crippen LogP contribution in [0.4, 0.5) is 11.8 Å². The van der Waals surface area contributed by atoms with Gasteiger partial charge in [-0.3, -0.25) is 0 Å². The maximum absolute atomic E-state index is 4.70. The van der Waals surface area contributed by atoms with Gasteiger partial charge in [-0.2, -0.15) is 4.98 Å². The summed E-state index contributed by atoms with van der Waals surface area (Å²) < 4.78 is 0. The first kappa shape index (κ1) is 14.8. The fourth-order valence-electron chi connectivity index (χ4n) is 2.74. The molecule has 0 aliphatic carbocycles. The minimum absolute atomic E-state index is 0.0831. The molecule has 3 heterocycles. The van der Waals surface area contributed by atoms with Crippen LogP contribution < -0.4 is 10.2 Å². The van der Waals surface area contributed by atoms with Crippen molar-refractivity contribution in [2.45, 2.75) is 46.1 Å². The first-order valence-corrected chi connectivity index (χ1v) is 8.06. The van der Waals surface area contributed by atoms with Crippen molar-refractivity contribution in [3.05, 3.63) is 29.5 Å². The van der Waals surface area contributed by atoms with E-state index in [2.05, 4.69) is 39.0 Å². The van der Waals surface area contributed by atoms with E-state index in [4.69, 9.17) is 4.98 Å². The van der Waals surface area contributed by atoms with E-state index in [1.165, 1.54) is 12.8 Å². The Morgan fingerprint density at radius 1 is 1.32 bits per heavy atom. The molecular weight excluding hydrogens is 276 g/mol. The molecule has 1 aliphatic rings. The predicted molar refractivity (Wildman–Crippen MR) is 88.2 cm³/mol. The van der Waals surface area contributed by atoms with Crippen LogP contribution in [0.15, 0.2) is 12.3 Å². The van der Waals surface area contributed by atoms with Gasteiger partial charge in [0.1, 0.15) is 11.6 Å². The third-order valence-corrected chi connectivity index (χ3v) is 4.02. The maximum Gasteiger partial charge on any atom is 0.227 e. The normalized spacial score (nSPS) is 16.0. The zero-order chi connectivity index (χ0) is 15.5. The largest absolute Gasteiger partial charge is 0.360 e. The van der Waals surface area contributed by atoms with E-state index in [1.54, 1.807) is 0 Å². The molecule has 118 valence electrons. The topological polar surface area (TPSA) is 69.7 Å². The van der Waals surface area contributed by atoms with Crippen molar-refractivity contribution in [1.82, 2.24) is 19.9 Å². The average Bonchev–Trinajstić information content (AvgIpc) is 3.18. The second kappa shape index (κ2) is 6.34. The van der Waals surface area contributed by atoms with E-state index in [-0.39, 0.29) is 6.04 Å². The SMILES string of the molecule is CCc1cc(NC(C)c2ncc(C)[nH]2)nc(N2CCCC2)n1. The highest BCUT2D eigenvalue weighted by Crippen LogP contribution is 2.21. The van der Waals surface area contributed by atoms with E-state index in [9.17, 15) is 0 Å².